The van der Waals surface area contributed by atoms with E-state index in [0.717, 1.165) is 6.42 Å². The summed E-state index contributed by atoms with van der Waals surface area (Å²) in [5.41, 5.74) is 0.0274. The maximum atomic E-state index is 11.1. The van der Waals surface area contributed by atoms with Crippen LogP contribution in [0, 0.1) is 17.3 Å². The van der Waals surface area contributed by atoms with Gasteiger partial charge >= 0.3 is 11.9 Å². The molecule has 2 bridgehead atoms. The second kappa shape index (κ2) is 3.86. The van der Waals surface area contributed by atoms with Gasteiger partial charge < -0.3 is 9.47 Å². The minimum Gasteiger partial charge on any atom is -0.458 e. The molecule has 4 heteroatoms. The number of rotatable bonds is 2. The molecule has 0 N–H and O–H groups in total. The molecule has 0 heterocycles. The molecule has 0 radical (unpaired) electrons. The molecule has 0 aliphatic heterocycles. The van der Waals surface area contributed by atoms with E-state index in [1.807, 2.05) is 0 Å². The Morgan fingerprint density at radius 3 is 2.41 bits per heavy atom. The van der Waals surface area contributed by atoms with Crippen molar-refractivity contribution < 1.29 is 19.1 Å². The van der Waals surface area contributed by atoms with Crippen molar-refractivity contribution in [3.8, 4) is 0 Å². The summed E-state index contributed by atoms with van der Waals surface area (Å²) in [7, 11) is 0. The summed E-state index contributed by atoms with van der Waals surface area (Å²) < 4.78 is 10.5. The molecule has 3 unspecified atom stereocenters. The molecule has 3 aliphatic carbocycles. The third kappa shape index (κ3) is 1.96. The van der Waals surface area contributed by atoms with E-state index < -0.39 is 0 Å². The number of hydrogen-bond acceptors (Lipinski definition) is 4. The van der Waals surface area contributed by atoms with Crippen molar-refractivity contribution in [3.05, 3.63) is 11.8 Å². The van der Waals surface area contributed by atoms with Gasteiger partial charge in [-0.05, 0) is 17.9 Å². The lowest BCUT2D eigenvalue weighted by molar-refractivity contribution is -0.164. The zero-order valence-corrected chi connectivity index (χ0v) is 10.6. The molecular formula is C13H18O4. The highest BCUT2D eigenvalue weighted by atomic mass is 16.6. The summed E-state index contributed by atoms with van der Waals surface area (Å²) in [4.78, 5) is 22.1. The fourth-order valence-corrected chi connectivity index (χ4v) is 2.97. The Labute approximate surface area is 101 Å². The standard InChI is InChI=1S/C13H18O4/c1-7(14)16-11-6-12(17-8(2)15)10-5-9(11)13(10,3)4/h6,9-11H,5H2,1-4H3. The molecule has 0 aromatic rings. The van der Waals surface area contributed by atoms with Crippen molar-refractivity contribution in [1.29, 1.82) is 0 Å². The molecule has 0 amide bonds. The quantitative estimate of drug-likeness (QED) is 0.691. The number of carbonyl (C=O) groups is 2. The number of carbonyl (C=O) groups excluding carboxylic acids is 2. The minimum atomic E-state index is -0.320. The molecule has 94 valence electrons. The largest absolute Gasteiger partial charge is 0.458 e. The van der Waals surface area contributed by atoms with Crippen LogP contribution >= 0.6 is 0 Å². The van der Waals surface area contributed by atoms with Gasteiger partial charge in [-0.2, -0.15) is 0 Å². The fraction of sp³-hybridized carbons (Fsp3) is 0.692. The van der Waals surface area contributed by atoms with Crippen molar-refractivity contribution in [2.24, 2.45) is 17.3 Å². The Morgan fingerprint density at radius 1 is 1.29 bits per heavy atom. The van der Waals surface area contributed by atoms with Crippen LogP contribution in [0.5, 0.6) is 0 Å². The van der Waals surface area contributed by atoms with Gasteiger partial charge in [-0.15, -0.1) is 0 Å². The van der Waals surface area contributed by atoms with E-state index in [0.29, 0.717) is 11.7 Å². The van der Waals surface area contributed by atoms with Gasteiger partial charge in [-0.1, -0.05) is 13.8 Å². The maximum absolute atomic E-state index is 11.1. The first-order chi connectivity index (χ1) is 7.82. The van der Waals surface area contributed by atoms with Crippen LogP contribution < -0.4 is 0 Å². The topological polar surface area (TPSA) is 52.6 Å². The lowest BCUT2D eigenvalue weighted by Crippen LogP contribution is -2.55. The normalized spacial score (nSPS) is 33.2. The van der Waals surface area contributed by atoms with Crippen molar-refractivity contribution in [2.45, 2.75) is 40.2 Å². The van der Waals surface area contributed by atoms with E-state index in [-0.39, 0.29) is 29.4 Å². The molecule has 0 aromatic heterocycles. The first-order valence-electron chi connectivity index (χ1n) is 5.89. The molecule has 1 saturated carbocycles. The molecular weight excluding hydrogens is 220 g/mol. The van der Waals surface area contributed by atoms with Crippen LogP contribution in [0.2, 0.25) is 0 Å². The number of hydrogen-bond donors (Lipinski definition) is 0. The predicted octanol–water partition coefficient (Wildman–Crippen LogP) is 2.04. The van der Waals surface area contributed by atoms with Crippen LogP contribution in [0.3, 0.4) is 0 Å². The summed E-state index contributed by atoms with van der Waals surface area (Å²) in [6.45, 7) is 7.04. The second-order valence-electron chi connectivity index (χ2n) is 5.45. The van der Waals surface area contributed by atoms with E-state index in [4.69, 9.17) is 9.47 Å². The summed E-state index contributed by atoms with van der Waals surface area (Å²) in [5, 5.41) is 0. The van der Waals surface area contributed by atoms with Crippen LogP contribution in [-0.4, -0.2) is 18.0 Å². The van der Waals surface area contributed by atoms with E-state index >= 15 is 0 Å². The summed E-state index contributed by atoms with van der Waals surface area (Å²) in [6.07, 6.45) is 2.44. The Hall–Kier alpha value is -1.32. The Balaban J connectivity index is 2.23. The second-order valence-corrected chi connectivity index (χ2v) is 5.45. The molecule has 1 fully saturated rings. The Morgan fingerprint density at radius 2 is 1.94 bits per heavy atom. The molecule has 4 nitrogen and oxygen atoms in total. The first kappa shape index (κ1) is 12.1. The fourth-order valence-electron chi connectivity index (χ4n) is 2.97. The molecule has 3 atom stereocenters. The molecule has 3 rings (SSSR count). The van der Waals surface area contributed by atoms with Gasteiger partial charge in [-0.3, -0.25) is 9.59 Å². The highest BCUT2D eigenvalue weighted by molar-refractivity contribution is 5.68. The van der Waals surface area contributed by atoms with Gasteiger partial charge in [0.25, 0.3) is 0 Å². The molecule has 17 heavy (non-hydrogen) atoms. The minimum absolute atomic E-state index is 0.0274. The van der Waals surface area contributed by atoms with Gasteiger partial charge in [0.2, 0.25) is 0 Å². The van der Waals surface area contributed by atoms with Crippen molar-refractivity contribution >= 4 is 11.9 Å². The van der Waals surface area contributed by atoms with Gasteiger partial charge in [0.1, 0.15) is 11.9 Å². The van der Waals surface area contributed by atoms with Gasteiger partial charge in [-0.25, -0.2) is 0 Å². The number of allylic oxidation sites excluding steroid dienone is 1. The number of esters is 2. The van der Waals surface area contributed by atoms with Gasteiger partial charge in [0.05, 0.1) is 0 Å². The number of fused-ring (bicyclic) bond motifs is 1. The first-order valence-corrected chi connectivity index (χ1v) is 5.89. The third-order valence-electron chi connectivity index (χ3n) is 3.98. The van der Waals surface area contributed by atoms with E-state index in [1.165, 1.54) is 13.8 Å². The van der Waals surface area contributed by atoms with E-state index in [2.05, 4.69) is 13.8 Å². The van der Waals surface area contributed by atoms with Crippen LogP contribution in [0.25, 0.3) is 0 Å². The van der Waals surface area contributed by atoms with Crippen LogP contribution in [0.4, 0.5) is 0 Å². The van der Waals surface area contributed by atoms with Crippen LogP contribution in [0.1, 0.15) is 34.1 Å². The lowest BCUT2D eigenvalue weighted by Gasteiger charge is -2.57. The third-order valence-corrected chi connectivity index (χ3v) is 3.98. The highest BCUT2D eigenvalue weighted by Crippen LogP contribution is 2.60. The summed E-state index contributed by atoms with van der Waals surface area (Å²) >= 11 is 0. The Bertz CT molecular complexity index is 394. The highest BCUT2D eigenvalue weighted by Gasteiger charge is 2.57. The SMILES string of the molecule is CC(=O)OC1=CC(OC(C)=O)C2CC1C2(C)C. The van der Waals surface area contributed by atoms with E-state index in [9.17, 15) is 9.59 Å². The molecule has 0 saturated heterocycles. The smallest absolute Gasteiger partial charge is 0.307 e. The van der Waals surface area contributed by atoms with Crippen LogP contribution in [0.15, 0.2) is 11.8 Å². The summed E-state index contributed by atoms with van der Waals surface area (Å²) in [5.74, 6) is 0.642. The van der Waals surface area contributed by atoms with Crippen LogP contribution in [-0.2, 0) is 19.1 Å². The average Bonchev–Trinajstić information content (AvgIpc) is 2.13. The molecule has 0 aromatic carbocycles. The zero-order valence-electron chi connectivity index (χ0n) is 10.6. The lowest BCUT2D eigenvalue weighted by atomic mass is 9.49. The van der Waals surface area contributed by atoms with Crippen molar-refractivity contribution in [2.75, 3.05) is 0 Å². The average molecular weight is 238 g/mol. The van der Waals surface area contributed by atoms with Crippen molar-refractivity contribution in [1.82, 2.24) is 0 Å². The van der Waals surface area contributed by atoms with Gasteiger partial charge in [0, 0.05) is 25.7 Å². The van der Waals surface area contributed by atoms with Gasteiger partial charge in [0.15, 0.2) is 0 Å². The number of ether oxygens (including phenoxy) is 2. The molecule has 3 aliphatic rings. The monoisotopic (exact) mass is 238 g/mol. The predicted molar refractivity (Wildman–Crippen MR) is 60.8 cm³/mol. The Kier molecular flexibility index (Phi) is 2.76. The van der Waals surface area contributed by atoms with Crippen molar-refractivity contribution in [3.63, 3.8) is 0 Å². The zero-order chi connectivity index (χ0) is 12.8. The molecule has 0 spiro atoms. The maximum Gasteiger partial charge on any atom is 0.307 e. The summed E-state index contributed by atoms with van der Waals surface area (Å²) in [6, 6.07) is 0. The van der Waals surface area contributed by atoms with E-state index in [1.54, 1.807) is 6.08 Å².